The highest BCUT2D eigenvalue weighted by atomic mass is 32.2. The van der Waals surface area contributed by atoms with Crippen LogP contribution in [-0.2, 0) is 16.6 Å². The van der Waals surface area contributed by atoms with Crippen LogP contribution in [0.1, 0.15) is 40.2 Å². The van der Waals surface area contributed by atoms with Crippen molar-refractivity contribution in [3.05, 3.63) is 17.0 Å². The monoisotopic (exact) mass is 318 g/mol. The van der Waals surface area contributed by atoms with Gasteiger partial charge in [-0.05, 0) is 29.9 Å². The molecule has 0 aliphatic heterocycles. The van der Waals surface area contributed by atoms with E-state index in [1.165, 1.54) is 15.6 Å². The Morgan fingerprint density at radius 2 is 1.85 bits per heavy atom. The second-order valence-electron chi connectivity index (χ2n) is 5.82. The average Bonchev–Trinajstić information content (AvgIpc) is 2.83. The minimum Gasteiger partial charge on any atom is -0.310 e. The third-order valence-electron chi connectivity index (χ3n) is 3.52. The van der Waals surface area contributed by atoms with Gasteiger partial charge in [0, 0.05) is 25.7 Å². The van der Waals surface area contributed by atoms with Gasteiger partial charge in [0.15, 0.2) is 0 Å². The summed E-state index contributed by atoms with van der Waals surface area (Å²) in [6.45, 7) is 10.8. The number of nitrogens with one attached hydrogen (secondary N) is 1. The number of sulfonamides is 1. The number of hydrogen-bond acceptors (Lipinski definition) is 4. The standard InChI is InChI=1S/C14H26N2O2S2/c1-10(2)12(5)16(6)20(17,18)14-7-13(9-19-14)8-15-11(3)4/h7,9-12,15H,8H2,1-6H3. The molecule has 0 fully saturated rings. The fourth-order valence-corrected chi connectivity index (χ4v) is 4.57. The van der Waals surface area contributed by atoms with Crippen molar-refractivity contribution in [1.82, 2.24) is 9.62 Å². The van der Waals surface area contributed by atoms with Gasteiger partial charge in [-0.25, -0.2) is 8.42 Å². The Bertz CT molecular complexity index is 521. The van der Waals surface area contributed by atoms with Gasteiger partial charge >= 0.3 is 0 Å². The Morgan fingerprint density at radius 1 is 1.25 bits per heavy atom. The first-order valence-electron chi connectivity index (χ1n) is 6.95. The summed E-state index contributed by atoms with van der Waals surface area (Å²) in [4.78, 5) is 0. The van der Waals surface area contributed by atoms with Gasteiger partial charge in [-0.1, -0.05) is 27.7 Å². The van der Waals surface area contributed by atoms with Crippen LogP contribution >= 0.6 is 11.3 Å². The molecular weight excluding hydrogens is 292 g/mol. The molecule has 1 unspecified atom stereocenters. The number of thiophene rings is 1. The van der Waals surface area contributed by atoms with Crippen LogP contribution in [0.4, 0.5) is 0 Å². The first-order chi connectivity index (χ1) is 9.16. The van der Waals surface area contributed by atoms with E-state index in [0.717, 1.165) is 5.56 Å². The quantitative estimate of drug-likeness (QED) is 0.841. The summed E-state index contributed by atoms with van der Waals surface area (Å²) in [5, 5.41) is 5.21. The van der Waals surface area contributed by atoms with Crippen LogP contribution in [0.15, 0.2) is 15.7 Å². The van der Waals surface area contributed by atoms with E-state index in [0.29, 0.717) is 16.8 Å². The molecule has 0 aliphatic rings. The minimum absolute atomic E-state index is 0.0145. The summed E-state index contributed by atoms with van der Waals surface area (Å²) in [5.74, 6) is 0.289. The lowest BCUT2D eigenvalue weighted by Crippen LogP contribution is -2.37. The van der Waals surface area contributed by atoms with Crippen molar-refractivity contribution >= 4 is 21.4 Å². The maximum absolute atomic E-state index is 12.5. The first kappa shape index (κ1) is 17.6. The Labute approximate surface area is 127 Å². The van der Waals surface area contributed by atoms with Crippen LogP contribution in [0.2, 0.25) is 0 Å². The zero-order valence-electron chi connectivity index (χ0n) is 13.2. The molecule has 0 saturated heterocycles. The van der Waals surface area contributed by atoms with Gasteiger partial charge in [0.2, 0.25) is 0 Å². The normalized spacial score (nSPS) is 14.4. The van der Waals surface area contributed by atoms with Crippen LogP contribution in [-0.4, -0.2) is 31.9 Å². The largest absolute Gasteiger partial charge is 0.310 e. The molecule has 1 N–H and O–H groups in total. The fraction of sp³-hybridized carbons (Fsp3) is 0.714. The Kier molecular flexibility index (Phi) is 6.19. The SMILES string of the molecule is CC(C)NCc1csc(S(=O)(=O)N(C)C(C)C(C)C)c1. The second-order valence-corrected chi connectivity index (χ2v) is 8.95. The summed E-state index contributed by atoms with van der Waals surface area (Å²) in [5.41, 5.74) is 1.02. The molecule has 1 heterocycles. The molecular formula is C14H26N2O2S2. The molecule has 0 amide bonds. The summed E-state index contributed by atoms with van der Waals surface area (Å²) in [6.07, 6.45) is 0. The smallest absolute Gasteiger partial charge is 0.252 e. The highest BCUT2D eigenvalue weighted by molar-refractivity contribution is 7.91. The number of nitrogens with zero attached hydrogens (tertiary/aromatic N) is 1. The van der Waals surface area contributed by atoms with E-state index >= 15 is 0 Å². The summed E-state index contributed by atoms with van der Waals surface area (Å²) in [7, 11) is -1.72. The molecule has 1 rings (SSSR count). The van der Waals surface area contributed by atoms with E-state index in [-0.39, 0.29) is 12.0 Å². The van der Waals surface area contributed by atoms with Gasteiger partial charge in [-0.2, -0.15) is 4.31 Å². The summed E-state index contributed by atoms with van der Waals surface area (Å²) >= 11 is 1.30. The Morgan fingerprint density at radius 3 is 2.35 bits per heavy atom. The highest BCUT2D eigenvalue weighted by Crippen LogP contribution is 2.26. The molecule has 20 heavy (non-hydrogen) atoms. The molecule has 1 atom stereocenters. The number of hydrogen-bond donors (Lipinski definition) is 1. The van der Waals surface area contributed by atoms with Gasteiger partial charge in [0.25, 0.3) is 10.0 Å². The van der Waals surface area contributed by atoms with Gasteiger partial charge in [0.05, 0.1) is 0 Å². The van der Waals surface area contributed by atoms with Gasteiger partial charge in [-0.15, -0.1) is 11.3 Å². The topological polar surface area (TPSA) is 49.4 Å². The third kappa shape index (κ3) is 4.28. The van der Waals surface area contributed by atoms with Crippen molar-refractivity contribution in [3.8, 4) is 0 Å². The van der Waals surface area contributed by atoms with Crippen LogP contribution < -0.4 is 5.32 Å². The van der Waals surface area contributed by atoms with E-state index in [9.17, 15) is 8.42 Å². The average molecular weight is 319 g/mol. The lowest BCUT2D eigenvalue weighted by Gasteiger charge is -2.26. The van der Waals surface area contributed by atoms with Crippen molar-refractivity contribution in [1.29, 1.82) is 0 Å². The zero-order chi connectivity index (χ0) is 15.5. The Balaban J connectivity index is 2.88. The maximum Gasteiger partial charge on any atom is 0.252 e. The highest BCUT2D eigenvalue weighted by Gasteiger charge is 2.28. The van der Waals surface area contributed by atoms with Gasteiger partial charge in [0.1, 0.15) is 4.21 Å². The summed E-state index contributed by atoms with van der Waals surface area (Å²) in [6, 6.07) is 2.15. The molecule has 0 radical (unpaired) electrons. The van der Waals surface area contributed by atoms with Crippen molar-refractivity contribution < 1.29 is 8.42 Å². The lowest BCUT2D eigenvalue weighted by molar-refractivity contribution is 0.316. The van der Waals surface area contributed by atoms with E-state index in [1.807, 2.05) is 26.2 Å². The fourth-order valence-electron chi connectivity index (χ4n) is 1.68. The zero-order valence-corrected chi connectivity index (χ0v) is 14.8. The third-order valence-corrected chi connectivity index (χ3v) is 6.92. The van der Waals surface area contributed by atoms with Crippen LogP contribution in [0.5, 0.6) is 0 Å². The van der Waals surface area contributed by atoms with Crippen LogP contribution in [0, 0.1) is 5.92 Å². The molecule has 6 heteroatoms. The molecule has 0 saturated carbocycles. The van der Waals surface area contributed by atoms with E-state index in [4.69, 9.17) is 0 Å². The summed E-state index contributed by atoms with van der Waals surface area (Å²) < 4.78 is 27.0. The Hall–Kier alpha value is -0.430. The molecule has 4 nitrogen and oxygen atoms in total. The lowest BCUT2D eigenvalue weighted by atomic mass is 10.1. The minimum atomic E-state index is -3.38. The second kappa shape index (κ2) is 7.02. The predicted octanol–water partition coefficient (Wildman–Crippen LogP) is 2.91. The molecule has 1 aromatic rings. The van der Waals surface area contributed by atoms with Crippen LogP contribution in [0.3, 0.4) is 0 Å². The van der Waals surface area contributed by atoms with Crippen molar-refractivity contribution in [2.24, 2.45) is 5.92 Å². The van der Waals surface area contributed by atoms with Crippen LogP contribution in [0.25, 0.3) is 0 Å². The van der Waals surface area contributed by atoms with Crippen molar-refractivity contribution in [3.63, 3.8) is 0 Å². The van der Waals surface area contributed by atoms with Crippen molar-refractivity contribution in [2.75, 3.05) is 7.05 Å². The predicted molar refractivity (Wildman–Crippen MR) is 85.5 cm³/mol. The van der Waals surface area contributed by atoms with Gasteiger partial charge < -0.3 is 5.32 Å². The van der Waals surface area contributed by atoms with Gasteiger partial charge in [-0.3, -0.25) is 0 Å². The molecule has 0 bridgehead atoms. The number of rotatable bonds is 7. The maximum atomic E-state index is 12.5. The van der Waals surface area contributed by atoms with E-state index in [1.54, 1.807) is 13.1 Å². The molecule has 0 aliphatic carbocycles. The first-order valence-corrected chi connectivity index (χ1v) is 9.27. The molecule has 116 valence electrons. The molecule has 0 aromatic carbocycles. The van der Waals surface area contributed by atoms with E-state index in [2.05, 4.69) is 19.2 Å². The van der Waals surface area contributed by atoms with E-state index < -0.39 is 10.0 Å². The van der Waals surface area contributed by atoms with Crippen molar-refractivity contribution in [2.45, 2.75) is 57.5 Å². The molecule has 0 spiro atoms. The molecule has 1 aromatic heterocycles.